The Kier molecular flexibility index (Phi) is 3.36. The van der Waals surface area contributed by atoms with E-state index in [0.717, 1.165) is 11.7 Å². The second kappa shape index (κ2) is 4.77. The second-order valence-electron chi connectivity index (χ2n) is 5.05. The first-order chi connectivity index (χ1) is 8.06. The normalized spacial score (nSPS) is 28.9. The van der Waals surface area contributed by atoms with E-state index in [2.05, 4.69) is 29.1 Å². The Morgan fingerprint density at radius 2 is 2.00 bits per heavy atom. The molecule has 2 rings (SSSR count). The number of aromatic nitrogens is 2. The summed E-state index contributed by atoms with van der Waals surface area (Å²) in [5.74, 6) is 2.76. The predicted molar refractivity (Wildman–Crippen MR) is 70.4 cm³/mol. The number of nitrogens with zero attached hydrogens (tertiary/aromatic N) is 2. The quantitative estimate of drug-likeness (QED) is 0.728. The molecular formula is C12H21N5. The monoisotopic (exact) mass is 235 g/mol. The molecule has 5 N–H and O–H groups in total. The SMILES string of the molecule is CC1CCCC(Nc2cc(N)nc(N)n2)C1C. The van der Waals surface area contributed by atoms with Crippen molar-refractivity contribution in [2.45, 2.75) is 39.2 Å². The highest BCUT2D eigenvalue weighted by atomic mass is 15.1. The second-order valence-corrected chi connectivity index (χ2v) is 5.05. The summed E-state index contributed by atoms with van der Waals surface area (Å²) in [4.78, 5) is 8.03. The molecule has 1 aliphatic carbocycles. The van der Waals surface area contributed by atoms with E-state index >= 15 is 0 Å². The van der Waals surface area contributed by atoms with Crippen molar-refractivity contribution in [2.24, 2.45) is 11.8 Å². The first-order valence-corrected chi connectivity index (χ1v) is 6.23. The lowest BCUT2D eigenvalue weighted by Crippen LogP contribution is -2.35. The van der Waals surface area contributed by atoms with Crippen LogP contribution in [0.4, 0.5) is 17.6 Å². The molecule has 94 valence electrons. The number of nitrogen functional groups attached to an aromatic ring is 2. The summed E-state index contributed by atoms with van der Waals surface area (Å²) >= 11 is 0. The molecule has 0 saturated heterocycles. The summed E-state index contributed by atoms with van der Waals surface area (Å²) < 4.78 is 0. The van der Waals surface area contributed by atoms with E-state index in [1.54, 1.807) is 6.07 Å². The van der Waals surface area contributed by atoms with Crippen molar-refractivity contribution in [3.05, 3.63) is 6.07 Å². The Labute approximate surface area is 102 Å². The van der Waals surface area contributed by atoms with Gasteiger partial charge >= 0.3 is 0 Å². The number of hydrogen-bond acceptors (Lipinski definition) is 5. The molecule has 0 aromatic carbocycles. The van der Waals surface area contributed by atoms with Crippen molar-refractivity contribution in [1.82, 2.24) is 9.97 Å². The summed E-state index contributed by atoms with van der Waals surface area (Å²) in [7, 11) is 0. The van der Waals surface area contributed by atoms with Crippen LogP contribution in [0.5, 0.6) is 0 Å². The highest BCUT2D eigenvalue weighted by Crippen LogP contribution is 2.31. The Bertz CT molecular complexity index is 372. The molecule has 3 unspecified atom stereocenters. The minimum atomic E-state index is 0.226. The van der Waals surface area contributed by atoms with Gasteiger partial charge in [-0.3, -0.25) is 0 Å². The lowest BCUT2D eigenvalue weighted by molar-refractivity contribution is 0.253. The fraction of sp³-hybridized carbons (Fsp3) is 0.667. The molecule has 0 spiro atoms. The molecule has 5 nitrogen and oxygen atoms in total. The smallest absolute Gasteiger partial charge is 0.223 e. The minimum Gasteiger partial charge on any atom is -0.383 e. The third-order valence-corrected chi connectivity index (χ3v) is 3.80. The minimum absolute atomic E-state index is 0.226. The van der Waals surface area contributed by atoms with Gasteiger partial charge in [0.15, 0.2) is 0 Å². The summed E-state index contributed by atoms with van der Waals surface area (Å²) in [6.45, 7) is 4.59. The third kappa shape index (κ3) is 2.78. The Balaban J connectivity index is 2.09. The van der Waals surface area contributed by atoms with E-state index < -0.39 is 0 Å². The van der Waals surface area contributed by atoms with Gasteiger partial charge in [0, 0.05) is 12.1 Å². The van der Waals surface area contributed by atoms with Crippen LogP contribution in [0.2, 0.25) is 0 Å². The number of anilines is 3. The molecule has 1 saturated carbocycles. The summed E-state index contributed by atoms with van der Waals surface area (Å²) in [6, 6.07) is 2.19. The fourth-order valence-corrected chi connectivity index (χ4v) is 2.53. The van der Waals surface area contributed by atoms with E-state index in [-0.39, 0.29) is 5.95 Å². The number of hydrogen-bond donors (Lipinski definition) is 3. The van der Waals surface area contributed by atoms with E-state index in [9.17, 15) is 0 Å². The molecule has 0 amide bonds. The maximum Gasteiger partial charge on any atom is 0.223 e. The van der Waals surface area contributed by atoms with Gasteiger partial charge in [-0.15, -0.1) is 0 Å². The highest BCUT2D eigenvalue weighted by molar-refractivity contribution is 5.49. The van der Waals surface area contributed by atoms with Gasteiger partial charge in [-0.2, -0.15) is 9.97 Å². The van der Waals surface area contributed by atoms with Gasteiger partial charge in [0.1, 0.15) is 11.6 Å². The van der Waals surface area contributed by atoms with Crippen LogP contribution >= 0.6 is 0 Å². The molecule has 1 heterocycles. The zero-order chi connectivity index (χ0) is 12.4. The maximum atomic E-state index is 5.66. The molecular weight excluding hydrogens is 214 g/mol. The van der Waals surface area contributed by atoms with Crippen molar-refractivity contribution in [2.75, 3.05) is 16.8 Å². The van der Waals surface area contributed by atoms with Crippen molar-refractivity contribution in [3.8, 4) is 0 Å². The van der Waals surface area contributed by atoms with Gasteiger partial charge in [-0.25, -0.2) is 0 Å². The molecule has 0 aliphatic heterocycles. The lowest BCUT2D eigenvalue weighted by atomic mass is 9.78. The summed E-state index contributed by atoms with van der Waals surface area (Å²) in [5, 5.41) is 3.43. The molecule has 3 atom stereocenters. The molecule has 17 heavy (non-hydrogen) atoms. The summed E-state index contributed by atoms with van der Waals surface area (Å²) in [5.41, 5.74) is 11.2. The van der Waals surface area contributed by atoms with Crippen molar-refractivity contribution >= 4 is 17.6 Å². The molecule has 5 heteroatoms. The standard InChI is InChI=1S/C12H21N5/c1-7-4-3-5-9(8(7)2)15-11-6-10(13)16-12(14)17-11/h6-9H,3-5H2,1-2H3,(H5,13,14,15,16,17). The van der Waals surface area contributed by atoms with E-state index in [1.807, 2.05) is 0 Å². The fourth-order valence-electron chi connectivity index (χ4n) is 2.53. The van der Waals surface area contributed by atoms with Gasteiger partial charge in [0.25, 0.3) is 0 Å². The Morgan fingerprint density at radius 3 is 2.71 bits per heavy atom. The average molecular weight is 235 g/mol. The lowest BCUT2D eigenvalue weighted by Gasteiger charge is -2.34. The first-order valence-electron chi connectivity index (χ1n) is 6.23. The van der Waals surface area contributed by atoms with Crippen LogP contribution in [0.1, 0.15) is 33.1 Å². The van der Waals surface area contributed by atoms with Gasteiger partial charge in [0.05, 0.1) is 0 Å². The molecule has 1 aliphatic rings. The molecule has 1 fully saturated rings. The van der Waals surface area contributed by atoms with Gasteiger partial charge in [0.2, 0.25) is 5.95 Å². The number of nitrogens with two attached hydrogens (primary N) is 2. The van der Waals surface area contributed by atoms with Gasteiger partial charge < -0.3 is 16.8 Å². The number of nitrogens with one attached hydrogen (secondary N) is 1. The van der Waals surface area contributed by atoms with Crippen LogP contribution in [-0.2, 0) is 0 Å². The predicted octanol–water partition coefficient (Wildman–Crippen LogP) is 1.88. The first kappa shape index (κ1) is 12.0. The molecule has 1 aromatic heterocycles. The Morgan fingerprint density at radius 1 is 1.24 bits per heavy atom. The maximum absolute atomic E-state index is 5.66. The zero-order valence-corrected chi connectivity index (χ0v) is 10.5. The van der Waals surface area contributed by atoms with Crippen LogP contribution in [-0.4, -0.2) is 16.0 Å². The van der Waals surface area contributed by atoms with Crippen molar-refractivity contribution in [3.63, 3.8) is 0 Å². The largest absolute Gasteiger partial charge is 0.383 e. The van der Waals surface area contributed by atoms with Crippen LogP contribution < -0.4 is 16.8 Å². The van der Waals surface area contributed by atoms with E-state index in [4.69, 9.17) is 11.5 Å². The third-order valence-electron chi connectivity index (χ3n) is 3.80. The topological polar surface area (TPSA) is 89.8 Å². The summed E-state index contributed by atoms with van der Waals surface area (Å²) in [6.07, 6.45) is 3.75. The zero-order valence-electron chi connectivity index (χ0n) is 10.5. The van der Waals surface area contributed by atoms with E-state index in [1.165, 1.54) is 19.3 Å². The average Bonchev–Trinajstić information content (AvgIpc) is 2.23. The highest BCUT2D eigenvalue weighted by Gasteiger charge is 2.27. The van der Waals surface area contributed by atoms with Crippen LogP contribution in [0, 0.1) is 11.8 Å². The van der Waals surface area contributed by atoms with E-state index in [0.29, 0.717) is 17.8 Å². The molecule has 1 aromatic rings. The van der Waals surface area contributed by atoms with Crippen LogP contribution in [0.25, 0.3) is 0 Å². The Hall–Kier alpha value is -1.52. The molecule has 0 bridgehead atoms. The van der Waals surface area contributed by atoms with Gasteiger partial charge in [-0.05, 0) is 18.3 Å². The van der Waals surface area contributed by atoms with Crippen LogP contribution in [0.3, 0.4) is 0 Å². The van der Waals surface area contributed by atoms with Crippen molar-refractivity contribution in [1.29, 1.82) is 0 Å². The van der Waals surface area contributed by atoms with Gasteiger partial charge in [-0.1, -0.05) is 26.7 Å². The number of rotatable bonds is 2. The van der Waals surface area contributed by atoms with Crippen LogP contribution in [0.15, 0.2) is 6.07 Å². The van der Waals surface area contributed by atoms with Crippen molar-refractivity contribution < 1.29 is 0 Å². The molecule has 0 radical (unpaired) electrons.